The van der Waals surface area contributed by atoms with Gasteiger partial charge in [-0.2, -0.15) is 0 Å². The number of hydrogen-bond acceptors (Lipinski definition) is 5. The van der Waals surface area contributed by atoms with Crippen molar-refractivity contribution in [3.05, 3.63) is 89.2 Å². The summed E-state index contributed by atoms with van der Waals surface area (Å²) in [5.41, 5.74) is 0.678. The average Bonchev–Trinajstić information content (AvgIpc) is 2.94. The summed E-state index contributed by atoms with van der Waals surface area (Å²) in [6.45, 7) is 7.42. The van der Waals surface area contributed by atoms with Crippen molar-refractivity contribution in [2.24, 2.45) is 5.92 Å². The molecule has 1 N–H and O–H groups in total. The zero-order valence-corrected chi connectivity index (χ0v) is 25.1. The molecule has 3 aromatic rings. The van der Waals surface area contributed by atoms with Gasteiger partial charge in [0.1, 0.15) is 24.2 Å². The van der Waals surface area contributed by atoms with Gasteiger partial charge >= 0.3 is 0 Å². The van der Waals surface area contributed by atoms with Gasteiger partial charge < -0.3 is 15.0 Å². The normalized spacial score (nSPS) is 12.1. The minimum absolute atomic E-state index is 0.0326. The van der Waals surface area contributed by atoms with Crippen LogP contribution in [0.15, 0.2) is 77.7 Å². The lowest BCUT2D eigenvalue weighted by molar-refractivity contribution is -0.139. The van der Waals surface area contributed by atoms with E-state index in [2.05, 4.69) is 5.32 Å². The van der Waals surface area contributed by atoms with Gasteiger partial charge in [0.2, 0.25) is 11.8 Å². The number of nitrogens with one attached hydrogen (secondary N) is 1. The molecule has 0 fully saturated rings. The molecule has 0 saturated heterocycles. The Morgan fingerprint density at radius 3 is 2.20 bits per heavy atom. The van der Waals surface area contributed by atoms with Crippen LogP contribution in [0.2, 0.25) is 5.02 Å². The summed E-state index contributed by atoms with van der Waals surface area (Å²) < 4.78 is 47.8. The van der Waals surface area contributed by atoms with Gasteiger partial charge in [-0.3, -0.25) is 13.9 Å². The highest BCUT2D eigenvalue weighted by Crippen LogP contribution is 2.27. The topological polar surface area (TPSA) is 96.0 Å². The van der Waals surface area contributed by atoms with E-state index >= 15 is 0 Å². The van der Waals surface area contributed by atoms with Crippen LogP contribution in [0.3, 0.4) is 0 Å². The Labute approximate surface area is 246 Å². The molecule has 8 nitrogen and oxygen atoms in total. The van der Waals surface area contributed by atoms with E-state index in [1.54, 1.807) is 31.2 Å². The minimum atomic E-state index is -4.29. The molecule has 0 aliphatic rings. The highest BCUT2D eigenvalue weighted by molar-refractivity contribution is 7.92. The second-order valence-corrected chi connectivity index (χ2v) is 12.1. The van der Waals surface area contributed by atoms with E-state index in [-0.39, 0.29) is 29.0 Å². The van der Waals surface area contributed by atoms with Crippen molar-refractivity contribution in [2.75, 3.05) is 24.0 Å². The molecule has 0 aliphatic carbocycles. The number of amides is 2. The van der Waals surface area contributed by atoms with E-state index in [0.29, 0.717) is 29.5 Å². The maximum absolute atomic E-state index is 13.9. The quantitative estimate of drug-likeness (QED) is 0.287. The Kier molecular flexibility index (Phi) is 11.1. The number of anilines is 1. The van der Waals surface area contributed by atoms with E-state index in [1.165, 1.54) is 41.3 Å². The van der Waals surface area contributed by atoms with Gasteiger partial charge in [-0.05, 0) is 79.9 Å². The summed E-state index contributed by atoms with van der Waals surface area (Å²) in [6.07, 6.45) is 0. The van der Waals surface area contributed by atoms with Crippen molar-refractivity contribution >= 4 is 39.1 Å². The zero-order valence-electron chi connectivity index (χ0n) is 23.5. The largest absolute Gasteiger partial charge is 0.494 e. The Hall–Kier alpha value is -3.63. The molecule has 3 rings (SSSR count). The van der Waals surface area contributed by atoms with Gasteiger partial charge in [0.05, 0.1) is 17.2 Å². The molecule has 0 radical (unpaired) electrons. The average molecular weight is 604 g/mol. The Morgan fingerprint density at radius 2 is 1.61 bits per heavy atom. The van der Waals surface area contributed by atoms with Gasteiger partial charge in [-0.15, -0.1) is 0 Å². The van der Waals surface area contributed by atoms with Gasteiger partial charge in [0.25, 0.3) is 10.0 Å². The Morgan fingerprint density at radius 1 is 0.976 bits per heavy atom. The lowest BCUT2D eigenvalue weighted by Gasteiger charge is -2.32. The molecular weight excluding hydrogens is 569 g/mol. The molecule has 3 aromatic carbocycles. The summed E-state index contributed by atoms with van der Waals surface area (Å²) >= 11 is 6.37. The summed E-state index contributed by atoms with van der Waals surface area (Å²) in [5.74, 6) is -0.915. The second kappa shape index (κ2) is 14.3. The van der Waals surface area contributed by atoms with E-state index in [1.807, 2.05) is 20.8 Å². The molecule has 0 aliphatic heterocycles. The van der Waals surface area contributed by atoms with Gasteiger partial charge in [-0.1, -0.05) is 43.6 Å². The number of rotatable bonds is 13. The number of ether oxygens (including phenoxy) is 1. The van der Waals surface area contributed by atoms with Crippen molar-refractivity contribution in [3.63, 3.8) is 0 Å². The van der Waals surface area contributed by atoms with E-state index in [4.69, 9.17) is 16.3 Å². The second-order valence-electron chi connectivity index (χ2n) is 9.82. The SMILES string of the molecule is CCOc1ccc(S(=O)(=O)N(CC(=O)N(Cc2ccccc2Cl)[C@H](C)C(=O)NCC(C)C)c2ccc(F)cc2)cc1. The molecule has 0 aromatic heterocycles. The van der Waals surface area contributed by atoms with E-state index in [0.717, 1.165) is 16.4 Å². The zero-order chi connectivity index (χ0) is 30.2. The first-order valence-electron chi connectivity index (χ1n) is 13.3. The Bertz CT molecular complexity index is 1430. The van der Waals surface area contributed by atoms with Crippen LogP contribution in [0, 0.1) is 11.7 Å². The van der Waals surface area contributed by atoms with Gasteiger partial charge in [-0.25, -0.2) is 12.8 Å². The predicted octanol–water partition coefficient (Wildman–Crippen LogP) is 5.26. The van der Waals surface area contributed by atoms with Crippen LogP contribution in [-0.2, 0) is 26.2 Å². The van der Waals surface area contributed by atoms with Crippen LogP contribution >= 0.6 is 11.6 Å². The molecule has 220 valence electrons. The standard InChI is InChI=1S/C30H35ClFN3O5S/c1-5-40-26-14-16-27(17-15-26)41(38,39)35(25-12-10-24(32)11-13-25)20-29(36)34(19-23-8-6-7-9-28(23)31)22(4)30(37)33-18-21(2)3/h6-17,21-22H,5,18-20H2,1-4H3,(H,33,37)/t22-/m1/s1. The number of nitrogens with zero attached hydrogens (tertiary/aromatic N) is 2. The number of sulfonamides is 1. The van der Waals surface area contributed by atoms with Crippen LogP contribution in [-0.4, -0.2) is 50.9 Å². The molecule has 0 unspecified atom stereocenters. The lowest BCUT2D eigenvalue weighted by Crippen LogP contribution is -2.51. The summed E-state index contributed by atoms with van der Waals surface area (Å²) in [7, 11) is -4.29. The van der Waals surface area contributed by atoms with Gasteiger partial charge in [0, 0.05) is 18.1 Å². The first-order valence-corrected chi connectivity index (χ1v) is 15.1. The van der Waals surface area contributed by atoms with Crippen molar-refractivity contribution in [3.8, 4) is 5.75 Å². The molecule has 11 heteroatoms. The third-order valence-corrected chi connectivity index (χ3v) is 8.42. The molecule has 1 atom stereocenters. The number of benzene rings is 3. The number of hydrogen-bond donors (Lipinski definition) is 1. The fraction of sp³-hybridized carbons (Fsp3) is 0.333. The highest BCUT2D eigenvalue weighted by Gasteiger charge is 2.33. The molecule has 0 bridgehead atoms. The first kappa shape index (κ1) is 31.9. The van der Waals surface area contributed by atoms with Crippen LogP contribution < -0.4 is 14.4 Å². The maximum atomic E-state index is 13.9. The third kappa shape index (κ3) is 8.43. The third-order valence-electron chi connectivity index (χ3n) is 6.27. The molecule has 0 heterocycles. The molecule has 0 saturated carbocycles. The fourth-order valence-electron chi connectivity index (χ4n) is 3.98. The van der Waals surface area contributed by atoms with Crippen LogP contribution in [0.25, 0.3) is 0 Å². The first-order chi connectivity index (χ1) is 19.4. The molecule has 2 amide bonds. The predicted molar refractivity (Wildman–Crippen MR) is 158 cm³/mol. The monoisotopic (exact) mass is 603 g/mol. The number of halogens is 2. The van der Waals surface area contributed by atoms with Crippen LogP contribution in [0.4, 0.5) is 10.1 Å². The van der Waals surface area contributed by atoms with Gasteiger partial charge in [0.15, 0.2) is 0 Å². The molecule has 0 spiro atoms. The Balaban J connectivity index is 2.01. The minimum Gasteiger partial charge on any atom is -0.494 e. The van der Waals surface area contributed by atoms with E-state index in [9.17, 15) is 22.4 Å². The van der Waals surface area contributed by atoms with Crippen LogP contribution in [0.5, 0.6) is 5.75 Å². The number of carbonyl (C=O) groups excluding carboxylic acids is 2. The smallest absolute Gasteiger partial charge is 0.264 e. The number of carbonyl (C=O) groups is 2. The fourth-order valence-corrected chi connectivity index (χ4v) is 5.59. The van der Waals surface area contributed by atoms with Crippen molar-refractivity contribution in [2.45, 2.75) is 45.2 Å². The van der Waals surface area contributed by atoms with Crippen molar-refractivity contribution < 1.29 is 27.1 Å². The lowest BCUT2D eigenvalue weighted by atomic mass is 10.1. The molecule has 41 heavy (non-hydrogen) atoms. The maximum Gasteiger partial charge on any atom is 0.264 e. The summed E-state index contributed by atoms with van der Waals surface area (Å²) in [6, 6.07) is 16.6. The van der Waals surface area contributed by atoms with Crippen molar-refractivity contribution in [1.82, 2.24) is 10.2 Å². The summed E-state index contributed by atoms with van der Waals surface area (Å²) in [5, 5.41) is 3.23. The van der Waals surface area contributed by atoms with Crippen molar-refractivity contribution in [1.29, 1.82) is 0 Å². The molecular formula is C30H35ClFN3O5S. The highest BCUT2D eigenvalue weighted by atomic mass is 35.5. The van der Waals surface area contributed by atoms with E-state index < -0.39 is 34.3 Å². The summed E-state index contributed by atoms with van der Waals surface area (Å²) in [4.78, 5) is 28.2. The van der Waals surface area contributed by atoms with Crippen LogP contribution in [0.1, 0.15) is 33.3 Å².